The van der Waals surface area contributed by atoms with E-state index in [4.69, 9.17) is 4.74 Å². The Morgan fingerprint density at radius 3 is 2.63 bits per heavy atom. The zero-order valence-corrected chi connectivity index (χ0v) is 11.2. The van der Waals surface area contributed by atoms with E-state index in [1.165, 1.54) is 4.90 Å². The summed E-state index contributed by atoms with van der Waals surface area (Å²) in [5, 5.41) is 2.67. The number of carbonyl (C=O) groups is 3. The monoisotopic (exact) mass is 268 g/mol. The maximum Gasteiger partial charge on any atom is 0.311 e. The molecule has 0 aromatic heterocycles. The van der Waals surface area contributed by atoms with E-state index in [0.717, 1.165) is 19.3 Å². The molecule has 2 aliphatic rings. The van der Waals surface area contributed by atoms with Crippen LogP contribution in [0.25, 0.3) is 0 Å². The molecule has 1 atom stereocenters. The highest BCUT2D eigenvalue weighted by Gasteiger charge is 2.33. The van der Waals surface area contributed by atoms with Crippen molar-refractivity contribution in [2.75, 3.05) is 19.7 Å². The molecule has 0 aromatic carbocycles. The minimum atomic E-state index is -0.549. The van der Waals surface area contributed by atoms with Gasteiger partial charge in [0, 0.05) is 19.1 Å². The van der Waals surface area contributed by atoms with Crippen LogP contribution in [0.3, 0.4) is 0 Å². The summed E-state index contributed by atoms with van der Waals surface area (Å²) >= 11 is 0. The molecular formula is C13H20N2O4. The summed E-state index contributed by atoms with van der Waals surface area (Å²) in [6.07, 6.45) is 3.34. The molecule has 106 valence electrons. The van der Waals surface area contributed by atoms with Crippen molar-refractivity contribution in [3.8, 4) is 0 Å². The third-order valence-corrected chi connectivity index (χ3v) is 3.44. The second kappa shape index (κ2) is 6.04. The van der Waals surface area contributed by atoms with Crippen LogP contribution in [-0.2, 0) is 19.1 Å². The van der Waals surface area contributed by atoms with E-state index in [-0.39, 0.29) is 24.5 Å². The topological polar surface area (TPSA) is 75.7 Å². The van der Waals surface area contributed by atoms with E-state index in [9.17, 15) is 14.4 Å². The van der Waals surface area contributed by atoms with E-state index in [1.54, 1.807) is 6.92 Å². The van der Waals surface area contributed by atoms with Crippen molar-refractivity contribution in [3.05, 3.63) is 0 Å². The summed E-state index contributed by atoms with van der Waals surface area (Å²) in [5.74, 6) is -1.65. The number of hydrogen-bond acceptors (Lipinski definition) is 4. The molecule has 2 rings (SSSR count). The molecule has 0 aromatic rings. The van der Waals surface area contributed by atoms with Gasteiger partial charge in [-0.25, -0.2) is 0 Å². The van der Waals surface area contributed by atoms with Crippen molar-refractivity contribution >= 4 is 17.8 Å². The zero-order valence-electron chi connectivity index (χ0n) is 11.2. The van der Waals surface area contributed by atoms with Crippen molar-refractivity contribution in [1.29, 1.82) is 0 Å². The molecular weight excluding hydrogens is 248 g/mol. The number of nitrogens with one attached hydrogen (secondary N) is 1. The standard InChI is InChI=1S/C13H20N2O4/c1-2-19-13(18)9-4-3-7-15(8-9)12(17)11(16)14-10-5-6-10/h9-10H,2-8H2,1H3,(H,14,16). The Morgan fingerprint density at radius 2 is 2.00 bits per heavy atom. The molecule has 6 nitrogen and oxygen atoms in total. The van der Waals surface area contributed by atoms with Gasteiger partial charge in [0.25, 0.3) is 0 Å². The van der Waals surface area contributed by atoms with Crippen LogP contribution in [0.4, 0.5) is 0 Å². The molecule has 1 heterocycles. The average molecular weight is 268 g/mol. The normalized spacial score (nSPS) is 22.8. The molecule has 0 bridgehead atoms. The number of nitrogens with zero attached hydrogens (tertiary/aromatic N) is 1. The lowest BCUT2D eigenvalue weighted by Crippen LogP contribution is -2.49. The van der Waals surface area contributed by atoms with Crippen LogP contribution in [0.1, 0.15) is 32.6 Å². The summed E-state index contributed by atoms with van der Waals surface area (Å²) in [6.45, 7) is 2.92. The zero-order chi connectivity index (χ0) is 13.8. The number of likely N-dealkylation sites (tertiary alicyclic amines) is 1. The van der Waals surface area contributed by atoms with Gasteiger partial charge in [0.2, 0.25) is 0 Å². The van der Waals surface area contributed by atoms with Crippen LogP contribution in [0, 0.1) is 5.92 Å². The Morgan fingerprint density at radius 1 is 1.26 bits per heavy atom. The molecule has 0 spiro atoms. The highest BCUT2D eigenvalue weighted by Crippen LogP contribution is 2.20. The lowest BCUT2D eigenvalue weighted by atomic mass is 9.98. The molecule has 0 radical (unpaired) electrons. The second-order valence-corrected chi connectivity index (χ2v) is 5.09. The van der Waals surface area contributed by atoms with Gasteiger partial charge in [0.05, 0.1) is 12.5 Å². The highest BCUT2D eigenvalue weighted by molar-refractivity contribution is 6.35. The molecule has 2 fully saturated rings. The van der Waals surface area contributed by atoms with Gasteiger partial charge in [-0.05, 0) is 32.6 Å². The number of esters is 1. The van der Waals surface area contributed by atoms with Gasteiger partial charge in [-0.3, -0.25) is 14.4 Å². The van der Waals surface area contributed by atoms with Crippen molar-refractivity contribution in [1.82, 2.24) is 10.2 Å². The fourth-order valence-corrected chi connectivity index (χ4v) is 2.23. The predicted octanol–water partition coefficient (Wildman–Crippen LogP) is 0.0667. The molecule has 19 heavy (non-hydrogen) atoms. The number of hydrogen-bond donors (Lipinski definition) is 1. The van der Waals surface area contributed by atoms with Crippen molar-refractivity contribution in [3.63, 3.8) is 0 Å². The van der Waals surface area contributed by atoms with Gasteiger partial charge in [0.15, 0.2) is 0 Å². The minimum Gasteiger partial charge on any atom is -0.466 e. The van der Waals surface area contributed by atoms with E-state index < -0.39 is 11.8 Å². The lowest BCUT2D eigenvalue weighted by molar-refractivity contribution is -0.154. The van der Waals surface area contributed by atoms with Gasteiger partial charge < -0.3 is 15.0 Å². The van der Waals surface area contributed by atoms with Crippen molar-refractivity contribution < 1.29 is 19.1 Å². The first-order chi connectivity index (χ1) is 9.11. The number of piperidine rings is 1. The summed E-state index contributed by atoms with van der Waals surface area (Å²) < 4.78 is 4.97. The fraction of sp³-hybridized carbons (Fsp3) is 0.769. The molecule has 1 unspecified atom stereocenters. The predicted molar refractivity (Wildman–Crippen MR) is 67.1 cm³/mol. The lowest BCUT2D eigenvalue weighted by Gasteiger charge is -2.30. The minimum absolute atomic E-state index is 0.169. The molecule has 2 amide bonds. The number of carbonyl (C=O) groups excluding carboxylic acids is 3. The summed E-state index contributed by atoms with van der Waals surface area (Å²) in [7, 11) is 0. The molecule has 6 heteroatoms. The molecule has 1 saturated heterocycles. The Bertz CT molecular complexity index is 379. The van der Waals surface area contributed by atoms with E-state index in [2.05, 4.69) is 5.32 Å². The van der Waals surface area contributed by atoms with E-state index in [0.29, 0.717) is 19.6 Å². The first kappa shape index (κ1) is 13.8. The summed E-state index contributed by atoms with van der Waals surface area (Å²) in [4.78, 5) is 36.7. The van der Waals surface area contributed by atoms with Crippen LogP contribution >= 0.6 is 0 Å². The summed E-state index contributed by atoms with van der Waals surface area (Å²) in [6, 6.07) is 0.169. The Hall–Kier alpha value is -1.59. The Labute approximate surface area is 112 Å². The average Bonchev–Trinajstić information content (AvgIpc) is 3.22. The first-order valence-electron chi connectivity index (χ1n) is 6.88. The van der Waals surface area contributed by atoms with Crippen LogP contribution in [0.2, 0.25) is 0 Å². The van der Waals surface area contributed by atoms with Crippen molar-refractivity contribution in [2.45, 2.75) is 38.6 Å². The van der Waals surface area contributed by atoms with Crippen LogP contribution in [0.15, 0.2) is 0 Å². The highest BCUT2D eigenvalue weighted by atomic mass is 16.5. The van der Waals surface area contributed by atoms with E-state index in [1.807, 2.05) is 0 Å². The van der Waals surface area contributed by atoms with Crippen LogP contribution < -0.4 is 5.32 Å². The number of rotatable bonds is 3. The Balaban J connectivity index is 1.86. The first-order valence-corrected chi connectivity index (χ1v) is 6.88. The molecule has 1 saturated carbocycles. The Kier molecular flexibility index (Phi) is 4.39. The van der Waals surface area contributed by atoms with Gasteiger partial charge in [0.1, 0.15) is 0 Å². The maximum absolute atomic E-state index is 11.9. The van der Waals surface area contributed by atoms with Gasteiger partial charge in [-0.1, -0.05) is 0 Å². The van der Waals surface area contributed by atoms with Crippen LogP contribution in [0.5, 0.6) is 0 Å². The van der Waals surface area contributed by atoms with Gasteiger partial charge in [-0.15, -0.1) is 0 Å². The van der Waals surface area contributed by atoms with Crippen molar-refractivity contribution in [2.24, 2.45) is 5.92 Å². The van der Waals surface area contributed by atoms with Crippen LogP contribution in [-0.4, -0.2) is 48.4 Å². The van der Waals surface area contributed by atoms with E-state index >= 15 is 0 Å². The maximum atomic E-state index is 11.9. The fourth-order valence-electron chi connectivity index (χ4n) is 2.23. The molecule has 1 aliphatic carbocycles. The van der Waals surface area contributed by atoms with Gasteiger partial charge >= 0.3 is 17.8 Å². The molecule has 1 aliphatic heterocycles. The molecule has 1 N–H and O–H groups in total. The summed E-state index contributed by atoms with van der Waals surface area (Å²) in [5.41, 5.74) is 0. The smallest absolute Gasteiger partial charge is 0.311 e. The second-order valence-electron chi connectivity index (χ2n) is 5.09. The third-order valence-electron chi connectivity index (χ3n) is 3.44. The third kappa shape index (κ3) is 3.68. The number of ether oxygens (including phenoxy) is 1. The largest absolute Gasteiger partial charge is 0.466 e. The van der Waals surface area contributed by atoms with Gasteiger partial charge in [-0.2, -0.15) is 0 Å². The SMILES string of the molecule is CCOC(=O)C1CCCN(C(=O)C(=O)NC2CC2)C1. The quantitative estimate of drug-likeness (QED) is 0.580. The number of amides is 2.